The van der Waals surface area contributed by atoms with Crippen molar-refractivity contribution in [3.8, 4) is 0 Å². The largest absolute Gasteiger partial charge is 0.444 e. The minimum Gasteiger partial charge on any atom is -0.444 e. The van der Waals surface area contributed by atoms with Gasteiger partial charge in [0.15, 0.2) is 0 Å². The molecule has 18 heavy (non-hydrogen) atoms. The van der Waals surface area contributed by atoms with E-state index >= 15 is 0 Å². The molecule has 5 heteroatoms. The van der Waals surface area contributed by atoms with Crippen molar-refractivity contribution in [1.29, 1.82) is 0 Å². The first-order chi connectivity index (χ1) is 8.56. The molecular weight excluding hydrogens is 230 g/mol. The fourth-order valence-corrected chi connectivity index (χ4v) is 1.40. The summed E-state index contributed by atoms with van der Waals surface area (Å²) in [6, 6.07) is -0.0499. The van der Waals surface area contributed by atoms with Gasteiger partial charge < -0.3 is 9.73 Å². The third-order valence-corrected chi connectivity index (χ3v) is 2.90. The lowest BCUT2D eigenvalue weighted by molar-refractivity contribution is -0.123. The van der Waals surface area contributed by atoms with Crippen LogP contribution >= 0.6 is 0 Å². The van der Waals surface area contributed by atoms with Crippen molar-refractivity contribution in [3.05, 3.63) is 17.8 Å². The zero-order valence-corrected chi connectivity index (χ0v) is 11.6. The Morgan fingerprint density at radius 3 is 2.72 bits per heavy atom. The predicted octanol–water partition coefficient (Wildman–Crippen LogP) is 1.63. The third-order valence-electron chi connectivity index (χ3n) is 2.90. The Morgan fingerprint density at radius 2 is 2.17 bits per heavy atom. The van der Waals surface area contributed by atoms with Gasteiger partial charge >= 0.3 is 0 Å². The normalized spacial score (nSPS) is 14.2. The second-order valence-corrected chi connectivity index (χ2v) is 4.49. The quantitative estimate of drug-likeness (QED) is 0.775. The van der Waals surface area contributed by atoms with Crippen LogP contribution < -0.4 is 10.6 Å². The topological polar surface area (TPSA) is 67.2 Å². The summed E-state index contributed by atoms with van der Waals surface area (Å²) in [5.41, 5.74) is 0. The van der Waals surface area contributed by atoms with Crippen LogP contribution in [0.1, 0.15) is 45.8 Å². The number of oxazole rings is 1. The minimum atomic E-state index is -0.254. The molecule has 0 aliphatic carbocycles. The van der Waals surface area contributed by atoms with E-state index in [1.165, 1.54) is 0 Å². The Morgan fingerprint density at radius 1 is 1.44 bits per heavy atom. The highest BCUT2D eigenvalue weighted by Gasteiger charge is 2.14. The molecule has 0 aliphatic heterocycles. The average molecular weight is 253 g/mol. The number of amides is 1. The van der Waals surface area contributed by atoms with E-state index in [1.807, 2.05) is 27.7 Å². The van der Waals surface area contributed by atoms with E-state index in [2.05, 4.69) is 15.6 Å². The molecule has 1 aromatic heterocycles. The van der Waals surface area contributed by atoms with Crippen LogP contribution in [0, 0.1) is 0 Å². The molecule has 0 fully saturated rings. The molecular formula is C13H23N3O2. The molecule has 0 aliphatic rings. The molecule has 2 atom stereocenters. The van der Waals surface area contributed by atoms with E-state index in [-0.39, 0.29) is 18.0 Å². The maximum absolute atomic E-state index is 11.8. The summed E-state index contributed by atoms with van der Waals surface area (Å²) in [5, 5.41) is 6.03. The molecule has 102 valence electrons. The molecule has 0 aromatic carbocycles. The van der Waals surface area contributed by atoms with E-state index in [0.29, 0.717) is 12.4 Å². The molecule has 0 radical (unpaired) electrons. The van der Waals surface area contributed by atoms with Gasteiger partial charge in [-0.25, -0.2) is 4.98 Å². The number of rotatable bonds is 7. The van der Waals surface area contributed by atoms with Gasteiger partial charge in [0.2, 0.25) is 11.8 Å². The van der Waals surface area contributed by atoms with Crippen LogP contribution in [0.15, 0.2) is 10.6 Å². The summed E-state index contributed by atoms with van der Waals surface area (Å²) in [6.45, 7) is 8.35. The summed E-state index contributed by atoms with van der Waals surface area (Å²) in [5.74, 6) is 1.49. The van der Waals surface area contributed by atoms with Crippen LogP contribution in [-0.4, -0.2) is 23.0 Å². The lowest BCUT2D eigenvalue weighted by Crippen LogP contribution is -2.45. The summed E-state index contributed by atoms with van der Waals surface area (Å²) >= 11 is 0. The predicted molar refractivity (Wildman–Crippen MR) is 70.1 cm³/mol. The Labute approximate surface area is 108 Å². The van der Waals surface area contributed by atoms with Crippen molar-refractivity contribution in [1.82, 2.24) is 15.6 Å². The SMILES string of the molecule is CCc1cnc(CNC(C)C(=O)NC(C)CC)o1. The lowest BCUT2D eigenvalue weighted by atomic mass is 10.2. The van der Waals surface area contributed by atoms with Crippen molar-refractivity contribution in [3.63, 3.8) is 0 Å². The molecule has 0 saturated carbocycles. The maximum atomic E-state index is 11.8. The zero-order chi connectivity index (χ0) is 13.5. The molecule has 2 unspecified atom stereocenters. The summed E-state index contributed by atoms with van der Waals surface area (Å²) in [4.78, 5) is 15.9. The molecule has 0 saturated heterocycles. The monoisotopic (exact) mass is 253 g/mol. The van der Waals surface area contributed by atoms with Crippen LogP contribution in [0.2, 0.25) is 0 Å². The maximum Gasteiger partial charge on any atom is 0.237 e. The van der Waals surface area contributed by atoms with Crippen LogP contribution in [-0.2, 0) is 17.8 Å². The third kappa shape index (κ3) is 4.49. The molecule has 0 spiro atoms. The Kier molecular flexibility index (Phi) is 5.85. The number of nitrogens with zero attached hydrogens (tertiary/aromatic N) is 1. The highest BCUT2D eigenvalue weighted by Crippen LogP contribution is 2.04. The van der Waals surface area contributed by atoms with Gasteiger partial charge in [-0.1, -0.05) is 13.8 Å². The Hall–Kier alpha value is -1.36. The fourth-order valence-electron chi connectivity index (χ4n) is 1.40. The van der Waals surface area contributed by atoms with Crippen molar-refractivity contribution in [2.45, 2.75) is 59.2 Å². The first-order valence-corrected chi connectivity index (χ1v) is 6.54. The summed E-state index contributed by atoms with van der Waals surface area (Å²) in [6.07, 6.45) is 3.48. The fraction of sp³-hybridized carbons (Fsp3) is 0.692. The van der Waals surface area contributed by atoms with Crippen molar-refractivity contribution in [2.24, 2.45) is 0 Å². The van der Waals surface area contributed by atoms with Crippen LogP contribution in [0.4, 0.5) is 0 Å². The molecule has 5 nitrogen and oxygen atoms in total. The van der Waals surface area contributed by atoms with Crippen LogP contribution in [0.25, 0.3) is 0 Å². The first-order valence-electron chi connectivity index (χ1n) is 6.54. The molecule has 1 amide bonds. The minimum absolute atomic E-state index is 0.00613. The number of aromatic nitrogens is 1. The lowest BCUT2D eigenvalue weighted by Gasteiger charge is -2.16. The highest BCUT2D eigenvalue weighted by atomic mass is 16.4. The summed E-state index contributed by atoms with van der Waals surface area (Å²) < 4.78 is 5.46. The average Bonchev–Trinajstić information content (AvgIpc) is 2.83. The zero-order valence-electron chi connectivity index (χ0n) is 11.6. The number of carbonyl (C=O) groups is 1. The van der Waals surface area contributed by atoms with Crippen LogP contribution in [0.3, 0.4) is 0 Å². The molecule has 2 N–H and O–H groups in total. The van der Waals surface area contributed by atoms with Gasteiger partial charge in [0.05, 0.1) is 18.8 Å². The van der Waals surface area contributed by atoms with E-state index in [1.54, 1.807) is 6.20 Å². The number of hydrogen-bond acceptors (Lipinski definition) is 4. The molecule has 1 aromatic rings. The smallest absolute Gasteiger partial charge is 0.237 e. The number of carbonyl (C=O) groups excluding carboxylic acids is 1. The van der Waals surface area contributed by atoms with Crippen molar-refractivity contribution < 1.29 is 9.21 Å². The van der Waals surface area contributed by atoms with Gasteiger partial charge in [-0.2, -0.15) is 0 Å². The van der Waals surface area contributed by atoms with E-state index < -0.39 is 0 Å². The van der Waals surface area contributed by atoms with Gasteiger partial charge in [0.1, 0.15) is 5.76 Å². The Balaban J connectivity index is 2.36. The Bertz CT molecular complexity index is 376. The molecule has 1 heterocycles. The van der Waals surface area contributed by atoms with Gasteiger partial charge in [-0.15, -0.1) is 0 Å². The van der Waals surface area contributed by atoms with Crippen molar-refractivity contribution in [2.75, 3.05) is 0 Å². The van der Waals surface area contributed by atoms with E-state index in [4.69, 9.17) is 4.42 Å². The highest BCUT2D eigenvalue weighted by molar-refractivity contribution is 5.81. The molecule has 1 rings (SSSR count). The second-order valence-electron chi connectivity index (χ2n) is 4.49. The standard InChI is InChI=1S/C13H23N3O2/c1-5-9(3)16-13(17)10(4)14-8-12-15-7-11(6-2)18-12/h7,9-10,14H,5-6,8H2,1-4H3,(H,16,17). The number of nitrogens with one attached hydrogen (secondary N) is 2. The van der Waals surface area contributed by atoms with Crippen LogP contribution in [0.5, 0.6) is 0 Å². The number of aryl methyl sites for hydroxylation is 1. The van der Waals surface area contributed by atoms with E-state index in [9.17, 15) is 4.79 Å². The van der Waals surface area contributed by atoms with Gasteiger partial charge in [0.25, 0.3) is 0 Å². The van der Waals surface area contributed by atoms with Crippen molar-refractivity contribution >= 4 is 5.91 Å². The van der Waals surface area contributed by atoms with Gasteiger partial charge in [-0.05, 0) is 20.3 Å². The second kappa shape index (κ2) is 7.16. The van der Waals surface area contributed by atoms with Gasteiger partial charge in [0, 0.05) is 12.5 Å². The van der Waals surface area contributed by atoms with Gasteiger partial charge in [-0.3, -0.25) is 10.1 Å². The first kappa shape index (κ1) is 14.7. The van der Waals surface area contributed by atoms with E-state index in [0.717, 1.165) is 18.6 Å². The number of hydrogen-bond donors (Lipinski definition) is 2. The summed E-state index contributed by atoms with van der Waals surface area (Å²) in [7, 11) is 0. The molecule has 0 bridgehead atoms.